The molecular weight excluding hydrogens is 223 g/mol. The first kappa shape index (κ1) is 12.5. The first-order valence-electron chi connectivity index (χ1n) is 4.47. The summed E-state index contributed by atoms with van der Waals surface area (Å²) in [7, 11) is 0. The van der Waals surface area contributed by atoms with Crippen molar-refractivity contribution >= 4 is 5.97 Å². The molecule has 1 heterocycles. The van der Waals surface area contributed by atoms with E-state index in [1.54, 1.807) is 26.0 Å². The zero-order valence-corrected chi connectivity index (χ0v) is 8.76. The van der Waals surface area contributed by atoms with Crippen molar-refractivity contribution in [3.05, 3.63) is 29.1 Å². The van der Waals surface area contributed by atoms with E-state index >= 15 is 0 Å². The minimum absolute atomic E-state index is 0.301. The summed E-state index contributed by atoms with van der Waals surface area (Å²) in [5.41, 5.74) is 1.82. The van der Waals surface area contributed by atoms with Gasteiger partial charge in [-0.25, -0.2) is 4.79 Å². The van der Waals surface area contributed by atoms with Crippen LogP contribution in [0.5, 0.6) is 0 Å². The number of aryl methyl sites for hydroxylation is 2. The fraction of sp³-hybridized carbons (Fsp3) is 0.400. The number of pyridine rings is 1. The molecule has 0 aromatic carbocycles. The fourth-order valence-electron chi connectivity index (χ4n) is 1.22. The van der Waals surface area contributed by atoms with Gasteiger partial charge in [0.2, 0.25) is 0 Å². The monoisotopic (exact) mass is 233 g/mol. The second-order valence-corrected chi connectivity index (χ2v) is 3.35. The van der Waals surface area contributed by atoms with E-state index in [9.17, 15) is 18.0 Å². The maximum absolute atomic E-state index is 11.8. The highest BCUT2D eigenvalue weighted by Crippen LogP contribution is 2.17. The highest BCUT2D eigenvalue weighted by Gasteiger charge is 2.40. The lowest BCUT2D eigenvalue weighted by Crippen LogP contribution is -2.25. The highest BCUT2D eigenvalue weighted by molar-refractivity contribution is 5.75. The molecule has 1 aromatic rings. The SMILES string of the molecule is Cc1cc(C)nc(COC(=O)C(F)(F)F)c1. The van der Waals surface area contributed by atoms with Crippen LogP contribution in [-0.4, -0.2) is 17.1 Å². The molecule has 0 radical (unpaired) electrons. The number of nitrogens with zero attached hydrogens (tertiary/aromatic N) is 1. The van der Waals surface area contributed by atoms with E-state index in [1.807, 2.05) is 0 Å². The molecule has 88 valence electrons. The predicted octanol–water partition coefficient (Wildman–Crippen LogP) is 2.30. The van der Waals surface area contributed by atoms with E-state index in [0.717, 1.165) is 5.56 Å². The molecule has 0 aliphatic heterocycles. The van der Waals surface area contributed by atoms with Crippen LogP contribution in [0.3, 0.4) is 0 Å². The molecule has 0 spiro atoms. The summed E-state index contributed by atoms with van der Waals surface area (Å²) in [6, 6.07) is 3.34. The number of carbonyl (C=O) groups excluding carboxylic acids is 1. The van der Waals surface area contributed by atoms with Crippen LogP contribution in [-0.2, 0) is 16.1 Å². The van der Waals surface area contributed by atoms with Crippen molar-refractivity contribution in [3.63, 3.8) is 0 Å². The molecule has 0 bridgehead atoms. The van der Waals surface area contributed by atoms with Crippen molar-refractivity contribution in [2.75, 3.05) is 0 Å². The smallest absolute Gasteiger partial charge is 0.453 e. The molecule has 6 heteroatoms. The second-order valence-electron chi connectivity index (χ2n) is 3.35. The van der Waals surface area contributed by atoms with Gasteiger partial charge in [-0.05, 0) is 31.5 Å². The first-order valence-corrected chi connectivity index (χ1v) is 4.47. The van der Waals surface area contributed by atoms with Crippen molar-refractivity contribution in [1.29, 1.82) is 0 Å². The zero-order chi connectivity index (χ0) is 12.3. The molecule has 1 aromatic heterocycles. The van der Waals surface area contributed by atoms with Gasteiger partial charge >= 0.3 is 12.1 Å². The Balaban J connectivity index is 2.65. The number of carbonyl (C=O) groups is 1. The van der Waals surface area contributed by atoms with E-state index in [-0.39, 0.29) is 0 Å². The molecule has 3 nitrogen and oxygen atoms in total. The minimum atomic E-state index is -4.96. The summed E-state index contributed by atoms with van der Waals surface area (Å²) >= 11 is 0. The van der Waals surface area contributed by atoms with Crippen LogP contribution in [0.25, 0.3) is 0 Å². The third-order valence-electron chi connectivity index (χ3n) is 1.73. The normalized spacial score (nSPS) is 11.3. The molecule has 0 N–H and O–H groups in total. The topological polar surface area (TPSA) is 39.2 Å². The fourth-order valence-corrected chi connectivity index (χ4v) is 1.22. The van der Waals surface area contributed by atoms with Crippen LogP contribution in [0.15, 0.2) is 12.1 Å². The van der Waals surface area contributed by atoms with Crippen LogP contribution in [0.1, 0.15) is 17.0 Å². The van der Waals surface area contributed by atoms with Crippen molar-refractivity contribution < 1.29 is 22.7 Å². The molecule has 0 saturated heterocycles. The maximum Gasteiger partial charge on any atom is 0.490 e. The molecule has 0 atom stereocenters. The standard InChI is InChI=1S/C10H10F3NO2/c1-6-3-7(2)14-8(4-6)5-16-9(15)10(11,12)13/h3-4H,5H2,1-2H3. The summed E-state index contributed by atoms with van der Waals surface area (Å²) in [5, 5.41) is 0. The van der Waals surface area contributed by atoms with Gasteiger partial charge in [0.05, 0.1) is 5.69 Å². The number of hydrogen-bond acceptors (Lipinski definition) is 3. The van der Waals surface area contributed by atoms with E-state index in [1.165, 1.54) is 0 Å². The molecule has 16 heavy (non-hydrogen) atoms. The zero-order valence-electron chi connectivity index (χ0n) is 8.76. The van der Waals surface area contributed by atoms with E-state index < -0.39 is 18.8 Å². The number of ether oxygens (including phenoxy) is 1. The molecular formula is C10H10F3NO2. The Morgan fingerprint density at radius 3 is 2.50 bits per heavy atom. The third-order valence-corrected chi connectivity index (χ3v) is 1.73. The Labute approximate surface area is 90.2 Å². The van der Waals surface area contributed by atoms with Crippen LogP contribution < -0.4 is 0 Å². The van der Waals surface area contributed by atoms with Gasteiger partial charge < -0.3 is 4.74 Å². The van der Waals surface area contributed by atoms with E-state index in [0.29, 0.717) is 11.4 Å². The summed E-state index contributed by atoms with van der Waals surface area (Å²) < 4.78 is 39.5. The Hall–Kier alpha value is -1.59. The summed E-state index contributed by atoms with van der Waals surface area (Å²) in [4.78, 5) is 14.4. The van der Waals surface area contributed by atoms with Crippen LogP contribution >= 0.6 is 0 Å². The number of esters is 1. The Morgan fingerprint density at radius 1 is 1.38 bits per heavy atom. The lowest BCUT2D eigenvalue weighted by molar-refractivity contribution is -0.201. The number of aromatic nitrogens is 1. The number of hydrogen-bond donors (Lipinski definition) is 0. The van der Waals surface area contributed by atoms with Crippen LogP contribution in [0.4, 0.5) is 13.2 Å². The average molecular weight is 233 g/mol. The van der Waals surface area contributed by atoms with Gasteiger partial charge in [0, 0.05) is 5.69 Å². The van der Waals surface area contributed by atoms with E-state index in [4.69, 9.17) is 0 Å². The molecule has 0 aliphatic rings. The molecule has 0 saturated carbocycles. The van der Waals surface area contributed by atoms with Crippen molar-refractivity contribution in [3.8, 4) is 0 Å². The van der Waals surface area contributed by atoms with Crippen LogP contribution in [0, 0.1) is 13.8 Å². The molecule has 0 aliphatic carbocycles. The first-order chi connectivity index (χ1) is 7.29. The largest absolute Gasteiger partial charge is 0.490 e. The van der Waals surface area contributed by atoms with Crippen molar-refractivity contribution in [2.45, 2.75) is 26.6 Å². The lowest BCUT2D eigenvalue weighted by Gasteiger charge is -2.07. The second kappa shape index (κ2) is 4.51. The molecule has 0 unspecified atom stereocenters. The molecule has 1 rings (SSSR count). The molecule has 0 fully saturated rings. The van der Waals surface area contributed by atoms with Gasteiger partial charge in [0.25, 0.3) is 0 Å². The van der Waals surface area contributed by atoms with Crippen molar-refractivity contribution in [1.82, 2.24) is 4.98 Å². The van der Waals surface area contributed by atoms with Crippen molar-refractivity contribution in [2.24, 2.45) is 0 Å². The maximum atomic E-state index is 11.8. The van der Waals surface area contributed by atoms with E-state index in [2.05, 4.69) is 9.72 Å². The number of rotatable bonds is 2. The van der Waals surface area contributed by atoms with Gasteiger partial charge in [-0.15, -0.1) is 0 Å². The summed E-state index contributed by atoms with van der Waals surface area (Å²) in [6.45, 7) is 3.02. The van der Waals surface area contributed by atoms with Gasteiger partial charge in [-0.2, -0.15) is 13.2 Å². The average Bonchev–Trinajstić information content (AvgIpc) is 2.11. The van der Waals surface area contributed by atoms with Gasteiger partial charge in [-0.1, -0.05) is 0 Å². The van der Waals surface area contributed by atoms with Gasteiger partial charge in [0.1, 0.15) is 6.61 Å². The third kappa shape index (κ3) is 3.52. The summed E-state index contributed by atoms with van der Waals surface area (Å²) in [5.74, 6) is -2.20. The van der Waals surface area contributed by atoms with Crippen LogP contribution in [0.2, 0.25) is 0 Å². The summed E-state index contributed by atoms with van der Waals surface area (Å²) in [6.07, 6.45) is -4.96. The minimum Gasteiger partial charge on any atom is -0.453 e. The predicted molar refractivity (Wildman–Crippen MR) is 49.6 cm³/mol. The quantitative estimate of drug-likeness (QED) is 0.736. The van der Waals surface area contributed by atoms with Gasteiger partial charge in [0.15, 0.2) is 0 Å². The number of alkyl halides is 3. The number of halogens is 3. The molecule has 0 amide bonds. The highest BCUT2D eigenvalue weighted by atomic mass is 19.4. The Bertz CT molecular complexity index is 381. The van der Waals surface area contributed by atoms with Gasteiger partial charge in [-0.3, -0.25) is 4.98 Å². The Kier molecular flexibility index (Phi) is 3.51. The lowest BCUT2D eigenvalue weighted by atomic mass is 10.2. The Morgan fingerprint density at radius 2 is 2.00 bits per heavy atom.